The number of carbonyl (C=O) groups is 3. The fraction of sp³-hybridized carbons (Fsp3) is 0.270. The molecule has 0 aliphatic rings. The zero-order valence-electron chi connectivity index (χ0n) is 28.3. The summed E-state index contributed by atoms with van der Waals surface area (Å²) in [5.74, 6) is -2.25. The molecule has 2 N–H and O–H groups in total. The Labute approximate surface area is 287 Å². The van der Waals surface area contributed by atoms with Crippen LogP contribution in [0, 0.1) is 18.7 Å². The first-order valence-electron chi connectivity index (χ1n) is 15.9. The van der Waals surface area contributed by atoms with E-state index in [4.69, 9.17) is 9.15 Å². The molecule has 5 aromatic rings. The molecule has 0 spiro atoms. The molecule has 2 aromatic heterocycles. The summed E-state index contributed by atoms with van der Waals surface area (Å²) >= 11 is 0. The zero-order valence-corrected chi connectivity index (χ0v) is 28.3. The maximum Gasteiger partial charge on any atom is 0.412 e. The number of rotatable bonds is 12. The van der Waals surface area contributed by atoms with Crippen molar-refractivity contribution in [1.82, 2.24) is 25.1 Å². The summed E-state index contributed by atoms with van der Waals surface area (Å²) in [6, 6.07) is 20.9. The van der Waals surface area contributed by atoms with Crippen LogP contribution in [-0.4, -0.2) is 43.6 Å². The van der Waals surface area contributed by atoms with Crippen LogP contribution in [0.5, 0.6) is 0 Å². The number of aromatic nitrogens is 4. The maximum atomic E-state index is 13.7. The molecule has 0 saturated carbocycles. The van der Waals surface area contributed by atoms with Crippen molar-refractivity contribution >= 4 is 23.5 Å². The molecule has 5 rings (SSSR count). The predicted octanol–water partition coefficient (Wildman–Crippen LogP) is 5.84. The second-order valence-electron chi connectivity index (χ2n) is 12.6. The fourth-order valence-corrected chi connectivity index (χ4v) is 5.19. The number of nitrogens with zero attached hydrogens (tertiary/aromatic N) is 4. The van der Waals surface area contributed by atoms with Gasteiger partial charge in [0.2, 0.25) is 17.6 Å². The second kappa shape index (κ2) is 15.1. The van der Waals surface area contributed by atoms with E-state index in [1.165, 1.54) is 24.3 Å². The van der Waals surface area contributed by atoms with E-state index in [-0.39, 0.29) is 29.9 Å². The van der Waals surface area contributed by atoms with E-state index >= 15 is 0 Å². The van der Waals surface area contributed by atoms with Crippen LogP contribution in [0.3, 0.4) is 0 Å². The Bertz CT molecular complexity index is 2060. The second-order valence-corrected chi connectivity index (χ2v) is 12.6. The Morgan fingerprint density at radius 1 is 0.980 bits per heavy atom. The van der Waals surface area contributed by atoms with Crippen molar-refractivity contribution in [2.24, 2.45) is 5.92 Å². The Morgan fingerprint density at radius 2 is 1.70 bits per heavy atom. The number of amides is 2. The van der Waals surface area contributed by atoms with E-state index in [0.29, 0.717) is 5.56 Å². The third-order valence-corrected chi connectivity index (χ3v) is 8.08. The van der Waals surface area contributed by atoms with Crippen LogP contribution in [0.15, 0.2) is 94.3 Å². The van der Waals surface area contributed by atoms with Crippen molar-refractivity contribution in [1.29, 1.82) is 0 Å². The molecule has 0 bridgehead atoms. The highest BCUT2D eigenvalue weighted by Gasteiger charge is 2.34. The van der Waals surface area contributed by atoms with E-state index < -0.39 is 53.1 Å². The first-order valence-corrected chi connectivity index (χ1v) is 15.9. The molecule has 0 fully saturated rings. The van der Waals surface area contributed by atoms with Gasteiger partial charge in [-0.3, -0.25) is 24.3 Å². The topological polar surface area (TPSA) is 158 Å². The Hall–Kier alpha value is -5.98. The molecule has 258 valence electrons. The number of anilines is 1. The van der Waals surface area contributed by atoms with Crippen molar-refractivity contribution in [2.75, 3.05) is 5.32 Å². The maximum absolute atomic E-state index is 13.7. The number of Topliss-reactive ketones (excluding diaryl/α,β-unsaturated/α-hetero) is 1. The molecule has 0 unspecified atom stereocenters. The van der Waals surface area contributed by atoms with Gasteiger partial charge in [0.15, 0.2) is 0 Å². The third-order valence-electron chi connectivity index (χ3n) is 8.08. The first kappa shape index (κ1) is 35.3. The van der Waals surface area contributed by atoms with E-state index in [2.05, 4.69) is 25.8 Å². The lowest BCUT2D eigenvalue weighted by molar-refractivity contribution is -0.122. The van der Waals surface area contributed by atoms with Gasteiger partial charge >= 0.3 is 6.09 Å². The number of hydrogen-bond donors (Lipinski definition) is 2. The molecule has 0 radical (unpaired) electrons. The van der Waals surface area contributed by atoms with Crippen LogP contribution >= 0.6 is 0 Å². The van der Waals surface area contributed by atoms with Crippen molar-refractivity contribution in [2.45, 2.75) is 59.2 Å². The fourth-order valence-electron chi connectivity index (χ4n) is 5.19. The number of aryl methyl sites for hydroxylation is 1. The lowest BCUT2D eigenvalue weighted by atomic mass is 9.84. The average Bonchev–Trinajstić information content (AvgIpc) is 3.60. The highest BCUT2D eigenvalue weighted by Crippen LogP contribution is 2.31. The normalized spacial score (nSPS) is 12.0. The largest absolute Gasteiger partial charge is 0.444 e. The van der Waals surface area contributed by atoms with Gasteiger partial charge in [-0.15, -0.1) is 10.2 Å². The summed E-state index contributed by atoms with van der Waals surface area (Å²) in [6.45, 7) is 8.61. The molecule has 3 aromatic carbocycles. The van der Waals surface area contributed by atoms with E-state index in [1.807, 2.05) is 51.1 Å². The lowest BCUT2D eigenvalue weighted by Gasteiger charge is -2.22. The van der Waals surface area contributed by atoms with E-state index in [0.717, 1.165) is 27.5 Å². The minimum absolute atomic E-state index is 0.0284. The van der Waals surface area contributed by atoms with Crippen LogP contribution < -0.4 is 16.2 Å². The molecule has 2 amide bonds. The highest BCUT2D eigenvalue weighted by molar-refractivity contribution is 5.98. The smallest absolute Gasteiger partial charge is 0.412 e. The minimum atomic E-state index is -1.09. The summed E-state index contributed by atoms with van der Waals surface area (Å²) in [5.41, 5.74) is 1.31. The van der Waals surface area contributed by atoms with Gasteiger partial charge < -0.3 is 14.5 Å². The van der Waals surface area contributed by atoms with Gasteiger partial charge in [-0.2, -0.15) is 0 Å². The Kier molecular flexibility index (Phi) is 10.6. The number of ketones is 1. The van der Waals surface area contributed by atoms with Gasteiger partial charge in [-0.1, -0.05) is 74.0 Å². The zero-order chi connectivity index (χ0) is 36.0. The lowest BCUT2D eigenvalue weighted by Crippen LogP contribution is -2.46. The molecule has 0 saturated heterocycles. The van der Waals surface area contributed by atoms with Gasteiger partial charge in [-0.05, 0) is 62.1 Å². The molecule has 12 nitrogen and oxygen atoms in total. The van der Waals surface area contributed by atoms with Crippen LogP contribution in [0.1, 0.15) is 61.0 Å². The van der Waals surface area contributed by atoms with Crippen LogP contribution in [0.4, 0.5) is 14.9 Å². The number of halogens is 1. The minimum Gasteiger partial charge on any atom is -0.444 e. The van der Waals surface area contributed by atoms with Crippen molar-refractivity contribution in [3.63, 3.8) is 0 Å². The summed E-state index contributed by atoms with van der Waals surface area (Å²) in [7, 11) is 0. The van der Waals surface area contributed by atoms with Crippen LogP contribution in [-0.2, 0) is 28.1 Å². The molecular weight excluding hydrogens is 643 g/mol. The number of hydrogen-bond acceptors (Lipinski definition) is 9. The van der Waals surface area contributed by atoms with Gasteiger partial charge in [0.25, 0.3) is 11.4 Å². The molecule has 2 heterocycles. The third kappa shape index (κ3) is 8.17. The summed E-state index contributed by atoms with van der Waals surface area (Å²) in [4.78, 5) is 57.7. The average molecular weight is 681 g/mol. The van der Waals surface area contributed by atoms with Gasteiger partial charge in [0, 0.05) is 5.56 Å². The van der Waals surface area contributed by atoms with E-state index in [9.17, 15) is 23.6 Å². The number of benzene rings is 3. The molecule has 1 atom stereocenters. The number of nitrogens with one attached hydrogen (secondary N) is 2. The first-order chi connectivity index (χ1) is 23.8. The standard InChI is InChI=1S/C37H37FN6O6/c1-22(2)30(31(46)33-42-43-35(50-33)37(4,5)26-13-9-10-23(3)18-26)41-29(45)20-44-32(25-14-16-27(38)17-15-25)39-19-28(34(44)47)40-36(48)49-21-24-11-7-6-8-12-24/h6-19,22,30H,20-21H2,1-5H3,(H,40,48)(H,41,45)/t30-/m0/s1. The summed E-state index contributed by atoms with van der Waals surface area (Å²) < 4.78 is 25.9. The van der Waals surface area contributed by atoms with E-state index in [1.54, 1.807) is 38.1 Å². The molecule has 0 aliphatic heterocycles. The predicted molar refractivity (Wildman–Crippen MR) is 183 cm³/mol. The highest BCUT2D eigenvalue weighted by atomic mass is 19.1. The van der Waals surface area contributed by atoms with Gasteiger partial charge in [-0.25, -0.2) is 14.2 Å². The van der Waals surface area contributed by atoms with Crippen molar-refractivity contribution in [3.05, 3.63) is 130 Å². The van der Waals surface area contributed by atoms with Gasteiger partial charge in [0.05, 0.1) is 17.7 Å². The molecule has 13 heteroatoms. The number of ether oxygens (including phenoxy) is 1. The Morgan fingerprint density at radius 3 is 2.38 bits per heavy atom. The van der Waals surface area contributed by atoms with Crippen LogP contribution in [0.25, 0.3) is 11.4 Å². The van der Waals surface area contributed by atoms with Gasteiger partial charge in [0.1, 0.15) is 30.5 Å². The van der Waals surface area contributed by atoms with Crippen LogP contribution in [0.2, 0.25) is 0 Å². The molecule has 50 heavy (non-hydrogen) atoms. The van der Waals surface area contributed by atoms with Crippen molar-refractivity contribution < 1.29 is 27.9 Å². The summed E-state index contributed by atoms with van der Waals surface area (Å²) in [5, 5.41) is 13.2. The molecule has 0 aliphatic carbocycles. The Balaban J connectivity index is 1.37. The van der Waals surface area contributed by atoms with Crippen molar-refractivity contribution in [3.8, 4) is 11.4 Å². The SMILES string of the molecule is Cc1cccc(C(C)(C)c2nnc(C(=O)[C@@H](NC(=O)Cn3c(-c4ccc(F)cc4)ncc(NC(=O)OCc4ccccc4)c3=O)C(C)C)o2)c1. The monoisotopic (exact) mass is 680 g/mol. The quantitative estimate of drug-likeness (QED) is 0.155. The summed E-state index contributed by atoms with van der Waals surface area (Å²) in [6.07, 6.45) is 0.221. The molecular formula is C37H37FN6O6. The number of carbonyl (C=O) groups excluding carboxylic acids is 3.